The number of aromatic nitrogens is 1. The Hall–Kier alpha value is -2.49. The molecule has 0 aliphatic heterocycles. The van der Waals surface area contributed by atoms with Crippen LogP contribution >= 0.6 is 24.0 Å². The molecule has 0 spiro atoms. The molecule has 0 bridgehead atoms. The van der Waals surface area contributed by atoms with Crippen LogP contribution in [-0.2, 0) is 13.0 Å². The monoisotopic (exact) mass is 512 g/mol. The van der Waals surface area contributed by atoms with Crippen molar-refractivity contribution in [3.05, 3.63) is 59.5 Å². The van der Waals surface area contributed by atoms with E-state index in [4.69, 9.17) is 4.74 Å². The second kappa shape index (κ2) is 10.9. The number of aromatic hydroxyl groups is 1. The summed E-state index contributed by atoms with van der Waals surface area (Å²) in [4.78, 5) is 7.66. The second-order valence-corrected chi connectivity index (χ2v) is 6.38. The maximum Gasteiger partial charge on any atom is 0.191 e. The molecule has 0 saturated heterocycles. The summed E-state index contributed by atoms with van der Waals surface area (Å²) in [7, 11) is 1.52. The molecule has 0 radical (unpaired) electrons. The van der Waals surface area contributed by atoms with Gasteiger partial charge >= 0.3 is 0 Å². The fourth-order valence-corrected chi connectivity index (χ4v) is 3.03. The Morgan fingerprint density at radius 3 is 2.76 bits per heavy atom. The highest BCUT2D eigenvalue weighted by Gasteiger charge is 2.06. The third-order valence-electron chi connectivity index (χ3n) is 4.42. The highest BCUT2D eigenvalue weighted by atomic mass is 127. The van der Waals surface area contributed by atoms with Crippen LogP contribution in [0.25, 0.3) is 10.9 Å². The van der Waals surface area contributed by atoms with E-state index in [9.17, 15) is 9.50 Å². The summed E-state index contributed by atoms with van der Waals surface area (Å²) in [6.07, 6.45) is 2.69. The summed E-state index contributed by atoms with van der Waals surface area (Å²) >= 11 is 0. The van der Waals surface area contributed by atoms with Crippen LogP contribution in [0.15, 0.2) is 47.6 Å². The van der Waals surface area contributed by atoms with Gasteiger partial charge in [0.15, 0.2) is 17.5 Å². The van der Waals surface area contributed by atoms with E-state index in [1.807, 2.05) is 19.2 Å². The second-order valence-electron chi connectivity index (χ2n) is 6.38. The first kappa shape index (κ1) is 22.8. The minimum Gasteiger partial charge on any atom is -0.504 e. The fraction of sp³-hybridized carbons (Fsp3) is 0.286. The van der Waals surface area contributed by atoms with Crippen LogP contribution in [0.5, 0.6) is 11.5 Å². The number of fused-ring (bicyclic) bond motifs is 1. The highest BCUT2D eigenvalue weighted by molar-refractivity contribution is 14.0. The van der Waals surface area contributed by atoms with Crippen LogP contribution in [-0.4, -0.2) is 36.2 Å². The molecule has 2 aromatic carbocycles. The van der Waals surface area contributed by atoms with Crippen LogP contribution in [0.2, 0.25) is 0 Å². The number of guanidine groups is 1. The summed E-state index contributed by atoms with van der Waals surface area (Å²) in [5.41, 5.74) is 2.81. The van der Waals surface area contributed by atoms with Gasteiger partial charge in [0.1, 0.15) is 5.82 Å². The summed E-state index contributed by atoms with van der Waals surface area (Å²) in [6, 6.07) is 10.0. The van der Waals surface area contributed by atoms with Crippen LogP contribution in [0.3, 0.4) is 0 Å². The van der Waals surface area contributed by atoms with Crippen molar-refractivity contribution in [2.75, 3.05) is 20.2 Å². The molecule has 29 heavy (non-hydrogen) atoms. The molecule has 0 aliphatic rings. The normalized spacial score (nSPS) is 11.2. The molecule has 3 aromatic rings. The van der Waals surface area contributed by atoms with E-state index < -0.39 is 0 Å². The maximum absolute atomic E-state index is 13.3. The molecule has 3 rings (SSSR count). The molecule has 0 amide bonds. The number of phenols is 1. The van der Waals surface area contributed by atoms with E-state index in [0.717, 1.165) is 35.0 Å². The number of phenolic OH excluding ortho intramolecular Hbond substituents is 1. The number of nitrogens with one attached hydrogen (secondary N) is 3. The Kier molecular flexibility index (Phi) is 8.56. The number of rotatable bonds is 7. The predicted octanol–water partition coefficient (Wildman–Crippen LogP) is 3.94. The average Bonchev–Trinajstić information content (AvgIpc) is 3.08. The zero-order valence-electron chi connectivity index (χ0n) is 16.5. The van der Waals surface area contributed by atoms with E-state index in [0.29, 0.717) is 24.8 Å². The number of benzene rings is 2. The molecular weight excluding hydrogens is 486 g/mol. The predicted molar refractivity (Wildman–Crippen MR) is 125 cm³/mol. The van der Waals surface area contributed by atoms with Gasteiger partial charge < -0.3 is 25.5 Å². The third kappa shape index (κ3) is 5.99. The van der Waals surface area contributed by atoms with Crippen molar-refractivity contribution in [3.63, 3.8) is 0 Å². The van der Waals surface area contributed by atoms with E-state index in [2.05, 4.69) is 20.6 Å². The van der Waals surface area contributed by atoms with Crippen LogP contribution in [0.4, 0.5) is 4.39 Å². The fourth-order valence-electron chi connectivity index (χ4n) is 3.03. The standard InChI is InChI=1S/C21H25FN4O2.HI/c1-3-23-21(26-12-14-4-7-20(28-2)19(27)10-14)24-9-8-15-13-25-18-11-16(22)5-6-17(15)18;/h4-7,10-11,13,25,27H,3,8-9,12H2,1-2H3,(H2,23,24,26);1H. The number of aromatic amines is 1. The van der Waals surface area contributed by atoms with E-state index >= 15 is 0 Å². The van der Waals surface area contributed by atoms with Crippen molar-refractivity contribution >= 4 is 40.8 Å². The topological polar surface area (TPSA) is 81.7 Å². The third-order valence-corrected chi connectivity index (χ3v) is 4.42. The van der Waals surface area contributed by atoms with E-state index in [-0.39, 0.29) is 35.5 Å². The van der Waals surface area contributed by atoms with Gasteiger partial charge in [0.25, 0.3) is 0 Å². The number of hydrogen-bond donors (Lipinski definition) is 4. The number of hydrogen-bond acceptors (Lipinski definition) is 3. The molecular formula is C21H26FIN4O2. The number of nitrogens with zero attached hydrogens (tertiary/aromatic N) is 1. The first-order chi connectivity index (χ1) is 13.6. The SMILES string of the molecule is CCNC(=NCc1ccc(OC)c(O)c1)NCCc1c[nH]c2cc(F)ccc12.I. The average molecular weight is 512 g/mol. The minimum atomic E-state index is -0.245. The van der Waals surface area contributed by atoms with Crippen molar-refractivity contribution in [2.24, 2.45) is 4.99 Å². The molecule has 0 atom stereocenters. The Bertz CT molecular complexity index is 974. The molecule has 0 fully saturated rings. The molecule has 6 nitrogen and oxygen atoms in total. The number of ether oxygens (including phenoxy) is 1. The van der Waals surface area contributed by atoms with Gasteiger partial charge in [0, 0.05) is 30.2 Å². The largest absolute Gasteiger partial charge is 0.504 e. The van der Waals surface area contributed by atoms with Crippen molar-refractivity contribution in [2.45, 2.75) is 19.9 Å². The van der Waals surface area contributed by atoms with E-state index in [1.54, 1.807) is 18.2 Å². The summed E-state index contributed by atoms with van der Waals surface area (Å²) < 4.78 is 18.4. The molecule has 0 saturated carbocycles. The first-order valence-corrected chi connectivity index (χ1v) is 9.24. The molecule has 0 aliphatic carbocycles. The zero-order valence-corrected chi connectivity index (χ0v) is 18.8. The molecule has 0 unspecified atom stereocenters. The van der Waals surface area contributed by atoms with Crippen LogP contribution in [0.1, 0.15) is 18.1 Å². The van der Waals surface area contributed by atoms with Gasteiger partial charge in [-0.2, -0.15) is 0 Å². The van der Waals surface area contributed by atoms with E-state index in [1.165, 1.54) is 19.2 Å². The molecule has 4 N–H and O–H groups in total. The summed E-state index contributed by atoms with van der Waals surface area (Å²) in [5.74, 6) is 0.995. The van der Waals surface area contributed by atoms with Gasteiger partial charge in [-0.1, -0.05) is 6.07 Å². The van der Waals surface area contributed by atoms with Crippen LogP contribution in [0, 0.1) is 5.82 Å². The molecule has 8 heteroatoms. The zero-order chi connectivity index (χ0) is 19.9. The van der Waals surface area contributed by atoms with Gasteiger partial charge in [-0.15, -0.1) is 24.0 Å². The van der Waals surface area contributed by atoms with Crippen molar-refractivity contribution in [1.29, 1.82) is 0 Å². The molecule has 156 valence electrons. The highest BCUT2D eigenvalue weighted by Crippen LogP contribution is 2.26. The van der Waals surface area contributed by atoms with Crippen molar-refractivity contribution in [1.82, 2.24) is 15.6 Å². The van der Waals surface area contributed by atoms with Crippen LogP contribution < -0.4 is 15.4 Å². The van der Waals surface area contributed by atoms with Crippen molar-refractivity contribution in [3.8, 4) is 11.5 Å². The Morgan fingerprint density at radius 1 is 1.21 bits per heavy atom. The van der Waals surface area contributed by atoms with Gasteiger partial charge in [-0.3, -0.25) is 0 Å². The Balaban J connectivity index is 0.00000300. The number of H-pyrrole nitrogens is 1. The lowest BCUT2D eigenvalue weighted by Crippen LogP contribution is -2.38. The lowest BCUT2D eigenvalue weighted by molar-refractivity contribution is 0.373. The summed E-state index contributed by atoms with van der Waals surface area (Å²) in [6.45, 7) is 3.86. The van der Waals surface area contributed by atoms with Gasteiger partial charge in [-0.05, 0) is 54.8 Å². The smallest absolute Gasteiger partial charge is 0.191 e. The lowest BCUT2D eigenvalue weighted by atomic mass is 10.1. The van der Waals surface area contributed by atoms with Gasteiger partial charge in [-0.25, -0.2) is 9.38 Å². The molecule has 1 heterocycles. The number of aliphatic imine (C=N–C) groups is 1. The quantitative estimate of drug-likeness (QED) is 0.220. The minimum absolute atomic E-state index is 0. The number of halogens is 2. The Labute approximate surface area is 186 Å². The Morgan fingerprint density at radius 2 is 2.03 bits per heavy atom. The van der Waals surface area contributed by atoms with Gasteiger partial charge in [0.05, 0.1) is 13.7 Å². The lowest BCUT2D eigenvalue weighted by Gasteiger charge is -2.11. The number of methoxy groups -OCH3 is 1. The van der Waals surface area contributed by atoms with Crippen molar-refractivity contribution < 1.29 is 14.2 Å². The summed E-state index contributed by atoms with van der Waals surface area (Å²) in [5, 5.41) is 17.4. The van der Waals surface area contributed by atoms with Gasteiger partial charge in [0.2, 0.25) is 0 Å². The molecule has 1 aromatic heterocycles. The first-order valence-electron chi connectivity index (χ1n) is 9.24. The maximum atomic E-state index is 13.3.